The van der Waals surface area contributed by atoms with Gasteiger partial charge >= 0.3 is 0 Å². The van der Waals surface area contributed by atoms with E-state index in [1.165, 1.54) is 12.8 Å². The van der Waals surface area contributed by atoms with Crippen LogP contribution in [0.1, 0.15) is 53.4 Å². The summed E-state index contributed by atoms with van der Waals surface area (Å²) in [7, 11) is 0. The highest BCUT2D eigenvalue weighted by molar-refractivity contribution is 5.76. The molecule has 0 spiro atoms. The largest absolute Gasteiger partial charge is 0.396 e. The molecule has 3 N–H and O–H groups in total. The Morgan fingerprint density at radius 3 is 2.00 bits per heavy atom. The number of carbonyl (C=O) groups excluding carboxylic acids is 1. The van der Waals surface area contributed by atoms with Crippen LogP contribution in [0.3, 0.4) is 0 Å². The van der Waals surface area contributed by atoms with Gasteiger partial charge < -0.3 is 10.8 Å². The average Bonchev–Trinajstić information content (AvgIpc) is 2.25. The van der Waals surface area contributed by atoms with Gasteiger partial charge in [-0.1, -0.05) is 34.1 Å². The van der Waals surface area contributed by atoms with Crippen molar-refractivity contribution in [3.8, 4) is 0 Å². The maximum atomic E-state index is 10.2. The highest BCUT2D eigenvalue weighted by Crippen LogP contribution is 2.07. The van der Waals surface area contributed by atoms with Crippen molar-refractivity contribution in [2.75, 3.05) is 6.61 Å². The first-order valence-corrected chi connectivity index (χ1v) is 5.89. The van der Waals surface area contributed by atoms with Gasteiger partial charge in [-0.15, -0.1) is 0 Å². The van der Waals surface area contributed by atoms with Crippen molar-refractivity contribution in [1.82, 2.24) is 0 Å². The van der Waals surface area contributed by atoms with Crippen molar-refractivity contribution in [1.29, 1.82) is 0 Å². The van der Waals surface area contributed by atoms with Crippen molar-refractivity contribution in [3.63, 3.8) is 0 Å². The fraction of sp³-hybridized carbons (Fsp3) is 0.917. The summed E-state index contributed by atoms with van der Waals surface area (Å²) in [5.41, 5.74) is 4.91. The molecule has 0 aliphatic rings. The van der Waals surface area contributed by atoms with Gasteiger partial charge in [0.1, 0.15) is 0 Å². The smallest absolute Gasteiger partial charge is 0.220 e. The number of rotatable bonds is 6. The molecule has 0 aliphatic carbocycles. The van der Waals surface area contributed by atoms with Crippen molar-refractivity contribution in [3.05, 3.63) is 0 Å². The Balaban J connectivity index is 0. The first-order valence-electron chi connectivity index (χ1n) is 5.89. The zero-order valence-corrected chi connectivity index (χ0v) is 10.6. The summed E-state index contributed by atoms with van der Waals surface area (Å²) >= 11 is 0. The van der Waals surface area contributed by atoms with E-state index in [1.807, 2.05) is 13.8 Å². The molecule has 0 aromatic carbocycles. The minimum absolute atomic E-state index is 0.0417. The van der Waals surface area contributed by atoms with E-state index in [0.29, 0.717) is 6.61 Å². The lowest BCUT2D eigenvalue weighted by atomic mass is 10.0. The van der Waals surface area contributed by atoms with E-state index in [0.717, 1.165) is 18.8 Å². The van der Waals surface area contributed by atoms with Gasteiger partial charge in [0, 0.05) is 12.5 Å². The quantitative estimate of drug-likeness (QED) is 0.717. The van der Waals surface area contributed by atoms with Crippen LogP contribution in [0, 0.1) is 11.8 Å². The molecule has 0 bridgehead atoms. The van der Waals surface area contributed by atoms with E-state index in [9.17, 15) is 4.79 Å². The maximum absolute atomic E-state index is 10.2. The SMILES string of the molecule is CCC(C)C(N)=O.CCC(C)CCCO. The molecule has 15 heavy (non-hydrogen) atoms. The number of aliphatic hydroxyl groups excluding tert-OH is 1. The molecule has 2 atom stereocenters. The van der Waals surface area contributed by atoms with Crippen molar-refractivity contribution in [2.24, 2.45) is 17.6 Å². The highest BCUT2D eigenvalue weighted by Gasteiger charge is 2.02. The number of aliphatic hydroxyl groups is 1. The summed E-state index contributed by atoms with van der Waals surface area (Å²) < 4.78 is 0. The van der Waals surface area contributed by atoms with Gasteiger partial charge in [0.05, 0.1) is 0 Å². The van der Waals surface area contributed by atoms with Gasteiger partial charge in [-0.2, -0.15) is 0 Å². The third-order valence-corrected chi connectivity index (χ3v) is 2.65. The first-order chi connectivity index (χ1) is 6.99. The Hall–Kier alpha value is -0.570. The third-order valence-electron chi connectivity index (χ3n) is 2.65. The van der Waals surface area contributed by atoms with Gasteiger partial charge in [0.2, 0.25) is 5.91 Å². The summed E-state index contributed by atoms with van der Waals surface area (Å²) in [5.74, 6) is 0.629. The molecule has 3 nitrogen and oxygen atoms in total. The van der Waals surface area contributed by atoms with E-state index in [2.05, 4.69) is 13.8 Å². The fourth-order valence-corrected chi connectivity index (χ4v) is 0.845. The van der Waals surface area contributed by atoms with Gasteiger partial charge in [0.25, 0.3) is 0 Å². The lowest BCUT2D eigenvalue weighted by molar-refractivity contribution is -0.121. The summed E-state index contributed by atoms with van der Waals surface area (Å²) in [5, 5.41) is 8.41. The Labute approximate surface area is 94.1 Å². The first kappa shape index (κ1) is 16.8. The molecule has 0 fully saturated rings. The monoisotopic (exact) mass is 217 g/mol. The molecule has 0 aromatic heterocycles. The normalized spacial score (nSPS) is 13.7. The molecule has 0 aliphatic heterocycles. The number of primary amides is 1. The van der Waals surface area contributed by atoms with Gasteiger partial charge in [-0.3, -0.25) is 4.79 Å². The van der Waals surface area contributed by atoms with E-state index in [-0.39, 0.29) is 11.8 Å². The van der Waals surface area contributed by atoms with E-state index < -0.39 is 0 Å². The molecule has 3 heteroatoms. The minimum atomic E-state index is -0.206. The Kier molecular flexibility index (Phi) is 12.9. The second kappa shape index (κ2) is 11.5. The molecular weight excluding hydrogens is 190 g/mol. The molecule has 92 valence electrons. The van der Waals surface area contributed by atoms with Crippen LogP contribution in [0.15, 0.2) is 0 Å². The summed E-state index contributed by atoms with van der Waals surface area (Å²) in [6.07, 6.45) is 4.22. The fourth-order valence-electron chi connectivity index (χ4n) is 0.845. The van der Waals surface area contributed by atoms with Crippen LogP contribution in [0.2, 0.25) is 0 Å². The van der Waals surface area contributed by atoms with Crippen LogP contribution in [0.4, 0.5) is 0 Å². The van der Waals surface area contributed by atoms with Crippen molar-refractivity contribution in [2.45, 2.75) is 53.4 Å². The second-order valence-electron chi connectivity index (χ2n) is 4.09. The number of hydrogen-bond acceptors (Lipinski definition) is 2. The van der Waals surface area contributed by atoms with Crippen LogP contribution >= 0.6 is 0 Å². The molecule has 0 saturated carbocycles. The molecule has 0 heterocycles. The number of hydrogen-bond donors (Lipinski definition) is 2. The summed E-state index contributed by atoms with van der Waals surface area (Å²) in [6.45, 7) is 8.51. The molecule has 0 radical (unpaired) electrons. The molecule has 0 saturated heterocycles. The van der Waals surface area contributed by atoms with Gasteiger partial charge in [0.15, 0.2) is 0 Å². The lowest BCUT2D eigenvalue weighted by Gasteiger charge is -2.04. The van der Waals surface area contributed by atoms with Crippen molar-refractivity contribution < 1.29 is 9.90 Å². The molecule has 1 amide bonds. The predicted octanol–water partition coefficient (Wildman–Crippen LogP) is 2.32. The van der Waals surface area contributed by atoms with E-state index in [1.54, 1.807) is 0 Å². The Morgan fingerprint density at radius 1 is 1.27 bits per heavy atom. The lowest BCUT2D eigenvalue weighted by Crippen LogP contribution is -2.19. The molecule has 2 unspecified atom stereocenters. The van der Waals surface area contributed by atoms with Crippen LogP contribution in [0.25, 0.3) is 0 Å². The van der Waals surface area contributed by atoms with Crippen LogP contribution in [-0.2, 0) is 4.79 Å². The zero-order valence-electron chi connectivity index (χ0n) is 10.6. The van der Waals surface area contributed by atoms with Crippen LogP contribution in [0.5, 0.6) is 0 Å². The van der Waals surface area contributed by atoms with Gasteiger partial charge in [-0.05, 0) is 25.2 Å². The Morgan fingerprint density at radius 2 is 1.80 bits per heavy atom. The second-order valence-corrected chi connectivity index (χ2v) is 4.09. The van der Waals surface area contributed by atoms with Crippen LogP contribution in [-0.4, -0.2) is 17.6 Å². The molecule has 0 aromatic rings. The summed E-state index contributed by atoms with van der Waals surface area (Å²) in [6, 6.07) is 0. The molecular formula is C12H27NO2. The third kappa shape index (κ3) is 13.4. The van der Waals surface area contributed by atoms with Crippen molar-refractivity contribution >= 4 is 5.91 Å². The number of amides is 1. The Bertz CT molecular complexity index is 149. The number of carbonyl (C=O) groups is 1. The zero-order chi connectivity index (χ0) is 12.3. The van der Waals surface area contributed by atoms with Gasteiger partial charge in [-0.25, -0.2) is 0 Å². The average molecular weight is 217 g/mol. The predicted molar refractivity (Wildman–Crippen MR) is 64.4 cm³/mol. The minimum Gasteiger partial charge on any atom is -0.396 e. The maximum Gasteiger partial charge on any atom is 0.220 e. The van der Waals surface area contributed by atoms with E-state index in [4.69, 9.17) is 10.8 Å². The summed E-state index contributed by atoms with van der Waals surface area (Å²) in [4.78, 5) is 10.2. The number of nitrogens with two attached hydrogens (primary N) is 1. The topological polar surface area (TPSA) is 63.3 Å². The van der Waals surface area contributed by atoms with E-state index >= 15 is 0 Å². The highest BCUT2D eigenvalue weighted by atomic mass is 16.2. The molecule has 0 rings (SSSR count). The standard InChI is InChI=1S/C7H16O.C5H11NO/c1-3-7(2)5-4-6-8;1-3-4(2)5(6)7/h7-8H,3-6H2,1-2H3;4H,3H2,1-2H3,(H2,6,7). The van der Waals surface area contributed by atoms with Crippen LogP contribution < -0.4 is 5.73 Å².